The number of hydrogen-bond acceptors (Lipinski definition) is 6. The van der Waals surface area contributed by atoms with E-state index in [2.05, 4.69) is 15.8 Å². The summed E-state index contributed by atoms with van der Waals surface area (Å²) in [6.07, 6.45) is 1.33. The summed E-state index contributed by atoms with van der Waals surface area (Å²) in [4.78, 5) is 40.9. The minimum absolute atomic E-state index is 0.0806. The first kappa shape index (κ1) is 17.9. The molecule has 1 fully saturated rings. The zero-order valence-corrected chi connectivity index (χ0v) is 14.3. The highest BCUT2D eigenvalue weighted by Crippen LogP contribution is 2.19. The first-order valence-corrected chi connectivity index (χ1v) is 7.70. The summed E-state index contributed by atoms with van der Waals surface area (Å²) in [7, 11) is 0. The number of amides is 2. The fourth-order valence-corrected chi connectivity index (χ4v) is 2.24. The zero-order chi connectivity index (χ0) is 17.9. The minimum atomic E-state index is -0.641. The number of aromatic nitrogens is 1. The molecule has 1 aliphatic heterocycles. The van der Waals surface area contributed by atoms with Gasteiger partial charge in [0, 0.05) is 18.3 Å². The van der Waals surface area contributed by atoms with Gasteiger partial charge in [0.2, 0.25) is 5.91 Å². The van der Waals surface area contributed by atoms with E-state index >= 15 is 0 Å². The summed E-state index contributed by atoms with van der Waals surface area (Å²) >= 11 is 0. The van der Waals surface area contributed by atoms with E-state index in [1.54, 1.807) is 32.9 Å². The van der Waals surface area contributed by atoms with Crippen molar-refractivity contribution in [1.82, 2.24) is 15.8 Å². The molecule has 0 aromatic carbocycles. The lowest BCUT2D eigenvalue weighted by atomic mass is 10.2. The summed E-state index contributed by atoms with van der Waals surface area (Å²) < 4.78 is 5.10. The van der Waals surface area contributed by atoms with Gasteiger partial charge in [0.15, 0.2) is 5.78 Å². The number of carbonyl (C=O) groups is 3. The monoisotopic (exact) mass is 334 g/mol. The van der Waals surface area contributed by atoms with E-state index < -0.39 is 17.7 Å². The summed E-state index contributed by atoms with van der Waals surface area (Å²) in [6, 6.07) is 2.72. The van der Waals surface area contributed by atoms with Crippen molar-refractivity contribution < 1.29 is 19.1 Å². The Kier molecular flexibility index (Phi) is 5.18. The zero-order valence-electron chi connectivity index (χ0n) is 14.3. The van der Waals surface area contributed by atoms with E-state index in [0.717, 1.165) is 0 Å². The normalized spacial score (nSPS) is 17.8. The number of nitrogens with one attached hydrogen (secondary N) is 2. The number of hydrazine groups is 1. The minimum Gasteiger partial charge on any atom is -0.443 e. The number of Topliss-reactive ketones (excluding diaryl/α,β-unsaturated/α-hetero) is 1. The first-order valence-electron chi connectivity index (χ1n) is 7.70. The van der Waals surface area contributed by atoms with E-state index in [9.17, 15) is 14.4 Å². The molecular weight excluding hydrogens is 312 g/mol. The standard InChI is InChI=1S/C16H22N4O4/c1-10(21)11-5-6-13(17-9-11)20-8-7-12(14(20)22)18-19-15(23)24-16(2,3)4/h5-6,9,12,18H,7-8H2,1-4H3,(H,19,23)/t12-/m0/s1. The molecule has 0 radical (unpaired) electrons. The summed E-state index contributed by atoms with van der Waals surface area (Å²) in [5.41, 5.74) is 4.95. The molecule has 1 saturated heterocycles. The van der Waals surface area contributed by atoms with Crippen LogP contribution >= 0.6 is 0 Å². The molecule has 0 aliphatic carbocycles. The summed E-state index contributed by atoms with van der Waals surface area (Å²) in [5.74, 6) is 0.198. The summed E-state index contributed by atoms with van der Waals surface area (Å²) in [5, 5.41) is 0. The van der Waals surface area contributed by atoms with Gasteiger partial charge >= 0.3 is 6.09 Å². The van der Waals surface area contributed by atoms with Crippen molar-refractivity contribution in [3.8, 4) is 0 Å². The number of carbonyl (C=O) groups excluding carboxylic acids is 3. The third-order valence-electron chi connectivity index (χ3n) is 3.38. The van der Waals surface area contributed by atoms with Crippen LogP contribution in [0.1, 0.15) is 44.5 Å². The van der Waals surface area contributed by atoms with Crippen LogP contribution in [0.2, 0.25) is 0 Å². The van der Waals surface area contributed by atoms with Gasteiger partial charge in [0.25, 0.3) is 0 Å². The Hall–Kier alpha value is -2.48. The predicted molar refractivity (Wildman–Crippen MR) is 87.5 cm³/mol. The van der Waals surface area contributed by atoms with Crippen molar-refractivity contribution in [2.24, 2.45) is 0 Å². The number of hydrogen-bond donors (Lipinski definition) is 2. The number of rotatable bonds is 4. The average Bonchev–Trinajstić information content (AvgIpc) is 2.84. The van der Waals surface area contributed by atoms with Gasteiger partial charge in [-0.15, -0.1) is 0 Å². The van der Waals surface area contributed by atoms with Crippen LogP contribution in [-0.2, 0) is 9.53 Å². The SMILES string of the molecule is CC(=O)c1ccc(N2CC[C@H](NNC(=O)OC(C)(C)C)C2=O)nc1. The van der Waals surface area contributed by atoms with Crippen LogP contribution in [0.3, 0.4) is 0 Å². The molecule has 2 N–H and O–H groups in total. The summed E-state index contributed by atoms with van der Waals surface area (Å²) in [6.45, 7) is 7.20. The fourth-order valence-electron chi connectivity index (χ4n) is 2.24. The Morgan fingerprint density at radius 1 is 1.33 bits per heavy atom. The number of pyridine rings is 1. The lowest BCUT2D eigenvalue weighted by molar-refractivity contribution is -0.119. The number of ketones is 1. The van der Waals surface area contributed by atoms with Crippen molar-refractivity contribution in [2.75, 3.05) is 11.4 Å². The molecule has 24 heavy (non-hydrogen) atoms. The Labute approximate surface area is 140 Å². The van der Waals surface area contributed by atoms with Gasteiger partial charge in [0.05, 0.1) is 0 Å². The maximum atomic E-state index is 12.4. The second-order valence-electron chi connectivity index (χ2n) is 6.56. The number of ether oxygens (including phenoxy) is 1. The van der Waals surface area contributed by atoms with Crippen LogP contribution in [0.25, 0.3) is 0 Å². The molecule has 1 aliphatic rings. The molecule has 1 aromatic rings. The third-order valence-corrected chi connectivity index (χ3v) is 3.38. The quantitative estimate of drug-likeness (QED) is 0.638. The molecule has 0 spiro atoms. The van der Waals surface area contributed by atoms with E-state index in [0.29, 0.717) is 24.3 Å². The van der Waals surface area contributed by atoms with E-state index in [1.165, 1.54) is 18.0 Å². The highest BCUT2D eigenvalue weighted by atomic mass is 16.6. The van der Waals surface area contributed by atoms with E-state index in [-0.39, 0.29) is 11.7 Å². The van der Waals surface area contributed by atoms with Crippen LogP contribution in [-0.4, -0.2) is 41.0 Å². The van der Waals surface area contributed by atoms with Crippen molar-refractivity contribution >= 4 is 23.6 Å². The van der Waals surface area contributed by atoms with Gasteiger partial charge in [0.1, 0.15) is 17.5 Å². The molecular formula is C16H22N4O4. The van der Waals surface area contributed by atoms with Gasteiger partial charge in [-0.2, -0.15) is 0 Å². The molecule has 2 heterocycles. The van der Waals surface area contributed by atoms with Crippen LogP contribution in [0, 0.1) is 0 Å². The molecule has 0 bridgehead atoms. The third kappa shape index (κ3) is 4.51. The second kappa shape index (κ2) is 6.96. The van der Waals surface area contributed by atoms with Crippen LogP contribution < -0.4 is 15.8 Å². The van der Waals surface area contributed by atoms with Crippen molar-refractivity contribution in [2.45, 2.75) is 45.8 Å². The number of anilines is 1. The average molecular weight is 334 g/mol. The highest BCUT2D eigenvalue weighted by molar-refractivity contribution is 5.99. The Balaban J connectivity index is 1.92. The van der Waals surface area contributed by atoms with Gasteiger partial charge in [-0.25, -0.2) is 15.2 Å². The van der Waals surface area contributed by atoms with Crippen molar-refractivity contribution in [3.05, 3.63) is 23.9 Å². The molecule has 130 valence electrons. The van der Waals surface area contributed by atoms with E-state index in [4.69, 9.17) is 4.74 Å². The fraction of sp³-hybridized carbons (Fsp3) is 0.500. The maximum absolute atomic E-state index is 12.4. The molecule has 8 heteroatoms. The maximum Gasteiger partial charge on any atom is 0.422 e. The molecule has 1 aromatic heterocycles. The smallest absolute Gasteiger partial charge is 0.422 e. The molecule has 0 saturated carbocycles. The molecule has 2 rings (SSSR count). The molecule has 2 amide bonds. The molecule has 1 atom stereocenters. The van der Waals surface area contributed by atoms with Crippen molar-refractivity contribution in [1.29, 1.82) is 0 Å². The number of nitrogens with zero attached hydrogens (tertiary/aromatic N) is 2. The Morgan fingerprint density at radius 2 is 2.04 bits per heavy atom. The van der Waals surface area contributed by atoms with Crippen LogP contribution in [0.4, 0.5) is 10.6 Å². The van der Waals surface area contributed by atoms with E-state index in [1.807, 2.05) is 0 Å². The first-order chi connectivity index (χ1) is 11.2. The van der Waals surface area contributed by atoms with Crippen molar-refractivity contribution in [3.63, 3.8) is 0 Å². The topological polar surface area (TPSA) is 101 Å². The highest BCUT2D eigenvalue weighted by Gasteiger charge is 2.33. The molecule has 0 unspecified atom stereocenters. The Morgan fingerprint density at radius 3 is 2.58 bits per heavy atom. The second-order valence-corrected chi connectivity index (χ2v) is 6.56. The predicted octanol–water partition coefficient (Wildman–Crippen LogP) is 1.42. The van der Waals surface area contributed by atoms with Gasteiger partial charge in [-0.05, 0) is 46.2 Å². The largest absolute Gasteiger partial charge is 0.443 e. The van der Waals surface area contributed by atoms with Crippen LogP contribution in [0.15, 0.2) is 18.3 Å². The van der Waals surface area contributed by atoms with Gasteiger partial charge < -0.3 is 4.74 Å². The van der Waals surface area contributed by atoms with Gasteiger partial charge in [-0.1, -0.05) is 0 Å². The van der Waals surface area contributed by atoms with Gasteiger partial charge in [-0.3, -0.25) is 19.9 Å². The Bertz CT molecular complexity index is 636. The lowest BCUT2D eigenvalue weighted by Crippen LogP contribution is -2.49. The lowest BCUT2D eigenvalue weighted by Gasteiger charge is -2.21. The van der Waals surface area contributed by atoms with Crippen LogP contribution in [0.5, 0.6) is 0 Å². The molecule has 8 nitrogen and oxygen atoms in total.